The quantitative estimate of drug-likeness (QED) is 0.797. The molecular weight excluding hydrogens is 258 g/mol. The molecule has 2 rings (SSSR count). The molecule has 0 unspecified atom stereocenters. The average Bonchev–Trinajstić information content (AvgIpc) is 2.39. The first kappa shape index (κ1) is 14.5. The first-order chi connectivity index (χ1) is 9.56. The van der Waals surface area contributed by atoms with Gasteiger partial charge in [-0.1, -0.05) is 0 Å². The van der Waals surface area contributed by atoms with Crippen LogP contribution in [0.1, 0.15) is 18.5 Å². The number of nitrogens with one attached hydrogen (secondary N) is 1. The highest BCUT2D eigenvalue weighted by molar-refractivity contribution is 5.75. The Balaban J connectivity index is 1.89. The topological polar surface area (TPSA) is 93.4 Å². The van der Waals surface area contributed by atoms with Gasteiger partial charge in [0.25, 0.3) is 0 Å². The van der Waals surface area contributed by atoms with Crippen molar-refractivity contribution in [1.29, 1.82) is 0 Å². The van der Waals surface area contributed by atoms with Gasteiger partial charge in [0.2, 0.25) is 17.7 Å². The van der Waals surface area contributed by atoms with Crippen LogP contribution in [0.4, 0.5) is 5.95 Å². The van der Waals surface area contributed by atoms with Gasteiger partial charge in [0, 0.05) is 30.9 Å². The SMILES string of the molecule is COc1cc(C)nc(NC2CCN(CC(N)=O)CC2)n1. The summed E-state index contributed by atoms with van der Waals surface area (Å²) in [5, 5.41) is 3.33. The van der Waals surface area contributed by atoms with Gasteiger partial charge in [-0.15, -0.1) is 0 Å². The number of hydrogen-bond acceptors (Lipinski definition) is 6. The lowest BCUT2D eigenvalue weighted by atomic mass is 10.1. The maximum Gasteiger partial charge on any atom is 0.231 e. The predicted octanol–water partition coefficient (Wildman–Crippen LogP) is 0.155. The molecule has 3 N–H and O–H groups in total. The van der Waals surface area contributed by atoms with Crippen LogP contribution in [0.25, 0.3) is 0 Å². The molecule has 0 aromatic carbocycles. The normalized spacial score (nSPS) is 16.9. The lowest BCUT2D eigenvalue weighted by molar-refractivity contribution is -0.119. The molecule has 1 aliphatic heterocycles. The summed E-state index contributed by atoms with van der Waals surface area (Å²) in [6.45, 7) is 3.94. The Morgan fingerprint density at radius 2 is 2.20 bits per heavy atom. The molecular formula is C13H21N5O2. The Morgan fingerprint density at radius 3 is 2.80 bits per heavy atom. The zero-order chi connectivity index (χ0) is 14.5. The number of primary amides is 1. The van der Waals surface area contributed by atoms with E-state index in [1.807, 2.05) is 6.92 Å². The third kappa shape index (κ3) is 4.06. The molecule has 0 bridgehead atoms. The fourth-order valence-corrected chi connectivity index (χ4v) is 2.35. The first-order valence-electron chi connectivity index (χ1n) is 6.73. The largest absolute Gasteiger partial charge is 0.481 e. The van der Waals surface area contributed by atoms with Crippen molar-refractivity contribution in [3.63, 3.8) is 0 Å². The van der Waals surface area contributed by atoms with Crippen molar-refractivity contribution in [3.8, 4) is 5.88 Å². The molecule has 1 aromatic heterocycles. The molecule has 20 heavy (non-hydrogen) atoms. The molecule has 1 amide bonds. The molecule has 7 heteroatoms. The minimum Gasteiger partial charge on any atom is -0.481 e. The molecule has 110 valence electrons. The Hall–Kier alpha value is -1.89. The summed E-state index contributed by atoms with van der Waals surface area (Å²) in [6.07, 6.45) is 1.87. The maximum atomic E-state index is 10.9. The van der Waals surface area contributed by atoms with E-state index in [0.717, 1.165) is 31.6 Å². The van der Waals surface area contributed by atoms with E-state index in [1.54, 1.807) is 13.2 Å². The fourth-order valence-electron chi connectivity index (χ4n) is 2.35. The van der Waals surface area contributed by atoms with E-state index in [1.165, 1.54) is 0 Å². The van der Waals surface area contributed by atoms with Crippen molar-refractivity contribution >= 4 is 11.9 Å². The van der Waals surface area contributed by atoms with Gasteiger partial charge < -0.3 is 15.8 Å². The standard InChI is InChI=1S/C13H21N5O2/c1-9-7-12(20-2)17-13(15-9)16-10-3-5-18(6-4-10)8-11(14)19/h7,10H,3-6,8H2,1-2H3,(H2,14,19)(H,15,16,17). The first-order valence-corrected chi connectivity index (χ1v) is 6.73. The number of likely N-dealkylation sites (tertiary alicyclic amines) is 1. The fraction of sp³-hybridized carbons (Fsp3) is 0.615. The van der Waals surface area contributed by atoms with Gasteiger partial charge in [-0.3, -0.25) is 9.69 Å². The van der Waals surface area contributed by atoms with Crippen LogP contribution in [0.3, 0.4) is 0 Å². The molecule has 0 radical (unpaired) electrons. The van der Waals surface area contributed by atoms with E-state index in [-0.39, 0.29) is 5.91 Å². The number of nitrogens with zero attached hydrogens (tertiary/aromatic N) is 3. The maximum absolute atomic E-state index is 10.9. The molecule has 1 aromatic rings. The number of methoxy groups -OCH3 is 1. The van der Waals surface area contributed by atoms with Gasteiger partial charge in [0.15, 0.2) is 0 Å². The summed E-state index contributed by atoms with van der Waals surface area (Å²) in [5.41, 5.74) is 6.07. The minimum atomic E-state index is -0.275. The molecule has 0 atom stereocenters. The molecule has 0 aliphatic carbocycles. The number of amides is 1. The number of ether oxygens (including phenoxy) is 1. The number of aromatic nitrogens is 2. The second kappa shape index (κ2) is 6.51. The highest BCUT2D eigenvalue weighted by atomic mass is 16.5. The Kier molecular flexibility index (Phi) is 4.73. The number of carbonyl (C=O) groups excluding carboxylic acids is 1. The monoisotopic (exact) mass is 279 g/mol. The highest BCUT2D eigenvalue weighted by Gasteiger charge is 2.20. The molecule has 0 saturated carbocycles. The third-order valence-corrected chi connectivity index (χ3v) is 3.34. The Morgan fingerprint density at radius 1 is 1.50 bits per heavy atom. The average molecular weight is 279 g/mol. The van der Waals surface area contributed by atoms with Gasteiger partial charge in [-0.05, 0) is 19.8 Å². The van der Waals surface area contributed by atoms with Crippen molar-refractivity contribution < 1.29 is 9.53 Å². The van der Waals surface area contributed by atoms with Crippen molar-refractivity contribution in [2.24, 2.45) is 5.73 Å². The number of carbonyl (C=O) groups is 1. The van der Waals surface area contributed by atoms with Crippen molar-refractivity contribution in [3.05, 3.63) is 11.8 Å². The minimum absolute atomic E-state index is 0.275. The molecule has 0 spiro atoms. The van der Waals surface area contributed by atoms with Crippen molar-refractivity contribution in [2.45, 2.75) is 25.8 Å². The van der Waals surface area contributed by atoms with E-state index >= 15 is 0 Å². The predicted molar refractivity (Wildman–Crippen MR) is 75.6 cm³/mol. The van der Waals surface area contributed by atoms with Gasteiger partial charge >= 0.3 is 0 Å². The molecule has 1 aliphatic rings. The molecule has 1 saturated heterocycles. The van der Waals surface area contributed by atoms with Crippen LogP contribution in [-0.2, 0) is 4.79 Å². The van der Waals surface area contributed by atoms with Crippen LogP contribution >= 0.6 is 0 Å². The van der Waals surface area contributed by atoms with E-state index < -0.39 is 0 Å². The third-order valence-electron chi connectivity index (χ3n) is 3.34. The second-order valence-corrected chi connectivity index (χ2v) is 5.04. The lowest BCUT2D eigenvalue weighted by Crippen LogP contribution is -2.43. The van der Waals surface area contributed by atoms with E-state index in [0.29, 0.717) is 24.4 Å². The number of piperidine rings is 1. The van der Waals surface area contributed by atoms with Crippen molar-refractivity contribution in [1.82, 2.24) is 14.9 Å². The van der Waals surface area contributed by atoms with Gasteiger partial charge in [-0.2, -0.15) is 4.98 Å². The lowest BCUT2D eigenvalue weighted by Gasteiger charge is -2.31. The van der Waals surface area contributed by atoms with Crippen LogP contribution in [0, 0.1) is 6.92 Å². The van der Waals surface area contributed by atoms with Crippen LogP contribution < -0.4 is 15.8 Å². The number of rotatable bonds is 5. The number of nitrogens with two attached hydrogens (primary N) is 1. The number of aryl methyl sites for hydroxylation is 1. The summed E-state index contributed by atoms with van der Waals surface area (Å²) in [4.78, 5) is 21.6. The smallest absolute Gasteiger partial charge is 0.231 e. The van der Waals surface area contributed by atoms with Crippen LogP contribution in [0.5, 0.6) is 5.88 Å². The van der Waals surface area contributed by atoms with Gasteiger partial charge in [0.1, 0.15) is 0 Å². The van der Waals surface area contributed by atoms with E-state index in [4.69, 9.17) is 10.5 Å². The van der Waals surface area contributed by atoms with Crippen LogP contribution in [0.15, 0.2) is 6.07 Å². The van der Waals surface area contributed by atoms with Gasteiger partial charge in [0.05, 0.1) is 13.7 Å². The van der Waals surface area contributed by atoms with Crippen LogP contribution in [0.2, 0.25) is 0 Å². The second-order valence-electron chi connectivity index (χ2n) is 5.04. The van der Waals surface area contributed by atoms with Crippen molar-refractivity contribution in [2.75, 3.05) is 32.1 Å². The summed E-state index contributed by atoms with van der Waals surface area (Å²) in [7, 11) is 1.59. The summed E-state index contributed by atoms with van der Waals surface area (Å²) < 4.78 is 5.13. The van der Waals surface area contributed by atoms with Gasteiger partial charge in [-0.25, -0.2) is 4.98 Å². The van der Waals surface area contributed by atoms with E-state index in [9.17, 15) is 4.79 Å². The zero-order valence-corrected chi connectivity index (χ0v) is 11.9. The molecule has 7 nitrogen and oxygen atoms in total. The van der Waals surface area contributed by atoms with Crippen LogP contribution in [-0.4, -0.2) is 53.6 Å². The number of anilines is 1. The summed E-state index contributed by atoms with van der Waals surface area (Å²) >= 11 is 0. The van der Waals surface area contributed by atoms with E-state index in [2.05, 4.69) is 20.2 Å². The highest BCUT2D eigenvalue weighted by Crippen LogP contribution is 2.16. The molecule has 2 heterocycles. The zero-order valence-electron chi connectivity index (χ0n) is 11.9. The Bertz CT molecular complexity index is 472. The number of hydrogen-bond donors (Lipinski definition) is 2. The Labute approximate surface area is 118 Å². The summed E-state index contributed by atoms with van der Waals surface area (Å²) in [6, 6.07) is 2.10. The molecule has 1 fully saturated rings. The summed E-state index contributed by atoms with van der Waals surface area (Å²) in [5.74, 6) is 0.879.